The lowest BCUT2D eigenvalue weighted by atomic mass is 10.1. The van der Waals surface area contributed by atoms with E-state index < -0.39 is 11.6 Å². The van der Waals surface area contributed by atoms with E-state index in [0.29, 0.717) is 18.7 Å². The van der Waals surface area contributed by atoms with Crippen molar-refractivity contribution in [2.45, 2.75) is 32.9 Å². The summed E-state index contributed by atoms with van der Waals surface area (Å²) in [6.45, 7) is 7.30. The lowest BCUT2D eigenvalue weighted by Gasteiger charge is -2.28. The number of hydrogen-bond acceptors (Lipinski definition) is 3. The smallest absolute Gasteiger partial charge is 0.336 e. The van der Waals surface area contributed by atoms with Gasteiger partial charge in [0.05, 0.1) is 11.2 Å². The third-order valence-corrected chi connectivity index (χ3v) is 2.70. The number of aliphatic hydroxyl groups is 1. The van der Waals surface area contributed by atoms with E-state index >= 15 is 0 Å². The molecular formula is C14H21NO3. The van der Waals surface area contributed by atoms with Crippen LogP contribution >= 0.6 is 0 Å². The summed E-state index contributed by atoms with van der Waals surface area (Å²) in [7, 11) is 0. The third kappa shape index (κ3) is 4.47. The summed E-state index contributed by atoms with van der Waals surface area (Å²) in [6.07, 6.45) is 0. The van der Waals surface area contributed by atoms with Crippen LogP contribution in [0.2, 0.25) is 0 Å². The van der Waals surface area contributed by atoms with Crippen molar-refractivity contribution < 1.29 is 15.0 Å². The molecular weight excluding hydrogens is 230 g/mol. The van der Waals surface area contributed by atoms with Gasteiger partial charge in [0.1, 0.15) is 0 Å². The molecule has 100 valence electrons. The Kier molecular flexibility index (Phi) is 4.87. The second-order valence-corrected chi connectivity index (χ2v) is 5.08. The molecule has 0 heterocycles. The quantitative estimate of drug-likeness (QED) is 0.811. The van der Waals surface area contributed by atoms with Crippen LogP contribution in [-0.4, -0.2) is 39.8 Å². The lowest BCUT2D eigenvalue weighted by molar-refractivity contribution is 0.0352. The van der Waals surface area contributed by atoms with Gasteiger partial charge in [-0.05, 0) is 32.0 Å². The molecule has 0 spiro atoms. The maximum atomic E-state index is 11.1. The van der Waals surface area contributed by atoms with Crippen molar-refractivity contribution in [3.63, 3.8) is 0 Å². The van der Waals surface area contributed by atoms with Gasteiger partial charge in [0.25, 0.3) is 0 Å². The number of nitrogens with zero attached hydrogens (tertiary/aromatic N) is 1. The number of hydrogen-bond donors (Lipinski definition) is 2. The van der Waals surface area contributed by atoms with E-state index in [2.05, 4.69) is 0 Å². The Morgan fingerprint density at radius 2 is 1.94 bits per heavy atom. The summed E-state index contributed by atoms with van der Waals surface area (Å²) in [5, 5.41) is 18.9. The van der Waals surface area contributed by atoms with Gasteiger partial charge in [-0.3, -0.25) is 4.90 Å². The van der Waals surface area contributed by atoms with Crippen LogP contribution in [0.4, 0.5) is 0 Å². The highest BCUT2D eigenvalue weighted by atomic mass is 16.4. The monoisotopic (exact) mass is 251 g/mol. The highest BCUT2D eigenvalue weighted by molar-refractivity contribution is 5.89. The number of aromatic carboxylic acids is 1. The Morgan fingerprint density at radius 1 is 1.33 bits per heavy atom. The van der Waals surface area contributed by atoms with Gasteiger partial charge in [0.2, 0.25) is 0 Å². The average molecular weight is 251 g/mol. The summed E-state index contributed by atoms with van der Waals surface area (Å²) in [4.78, 5) is 13.1. The van der Waals surface area contributed by atoms with Gasteiger partial charge in [-0.1, -0.05) is 25.1 Å². The molecule has 0 unspecified atom stereocenters. The van der Waals surface area contributed by atoms with E-state index in [-0.39, 0.29) is 0 Å². The Hall–Kier alpha value is -1.39. The van der Waals surface area contributed by atoms with Crippen molar-refractivity contribution in [2.75, 3.05) is 13.1 Å². The van der Waals surface area contributed by atoms with Crippen LogP contribution < -0.4 is 0 Å². The fourth-order valence-corrected chi connectivity index (χ4v) is 1.93. The second kappa shape index (κ2) is 5.98. The minimum absolute atomic E-state index is 0.326. The van der Waals surface area contributed by atoms with Gasteiger partial charge < -0.3 is 10.2 Å². The first-order valence-corrected chi connectivity index (χ1v) is 6.09. The molecule has 1 aromatic carbocycles. The molecule has 4 heteroatoms. The van der Waals surface area contributed by atoms with Gasteiger partial charge in [-0.15, -0.1) is 0 Å². The first-order valence-electron chi connectivity index (χ1n) is 6.09. The van der Waals surface area contributed by atoms with Crippen LogP contribution in [0, 0.1) is 0 Å². The summed E-state index contributed by atoms with van der Waals surface area (Å²) in [5.41, 5.74) is 0.316. The number of carboxylic acid groups (broad SMARTS) is 1. The maximum absolute atomic E-state index is 11.1. The topological polar surface area (TPSA) is 60.8 Å². The predicted octanol–water partition coefficient (Wildman–Crippen LogP) is 1.98. The van der Waals surface area contributed by atoms with E-state index in [1.165, 1.54) is 0 Å². The molecule has 1 rings (SSSR count). The first-order chi connectivity index (χ1) is 8.33. The zero-order valence-electron chi connectivity index (χ0n) is 11.2. The molecule has 1 aromatic rings. The van der Waals surface area contributed by atoms with Crippen molar-refractivity contribution >= 4 is 5.97 Å². The van der Waals surface area contributed by atoms with Crippen molar-refractivity contribution in [2.24, 2.45) is 0 Å². The van der Waals surface area contributed by atoms with Crippen LogP contribution in [0.25, 0.3) is 0 Å². The number of likely N-dealkylation sites (N-methyl/N-ethyl adjacent to an activating group) is 1. The fourth-order valence-electron chi connectivity index (χ4n) is 1.93. The molecule has 0 radical (unpaired) electrons. The molecule has 0 aromatic heterocycles. The van der Waals surface area contributed by atoms with E-state index in [1.54, 1.807) is 26.0 Å². The number of carboxylic acids is 1. The molecule has 4 nitrogen and oxygen atoms in total. The third-order valence-electron chi connectivity index (χ3n) is 2.70. The zero-order chi connectivity index (χ0) is 13.8. The summed E-state index contributed by atoms with van der Waals surface area (Å²) >= 11 is 0. The van der Waals surface area contributed by atoms with Crippen LogP contribution in [0.5, 0.6) is 0 Å². The maximum Gasteiger partial charge on any atom is 0.336 e. The average Bonchev–Trinajstić information content (AvgIpc) is 2.26. The zero-order valence-corrected chi connectivity index (χ0v) is 11.2. The van der Waals surface area contributed by atoms with E-state index in [9.17, 15) is 9.90 Å². The Bertz CT molecular complexity index is 410. The lowest BCUT2D eigenvalue weighted by Crippen LogP contribution is -2.38. The van der Waals surface area contributed by atoms with Gasteiger partial charge >= 0.3 is 5.97 Å². The Morgan fingerprint density at radius 3 is 2.44 bits per heavy atom. The van der Waals surface area contributed by atoms with Gasteiger partial charge in [0.15, 0.2) is 0 Å². The molecule has 0 bridgehead atoms. The predicted molar refractivity (Wildman–Crippen MR) is 70.7 cm³/mol. The molecule has 0 atom stereocenters. The Balaban J connectivity index is 2.85. The van der Waals surface area contributed by atoms with Gasteiger partial charge in [-0.2, -0.15) is 0 Å². The summed E-state index contributed by atoms with van der Waals surface area (Å²) in [6, 6.07) is 6.98. The van der Waals surface area contributed by atoms with Gasteiger partial charge in [0, 0.05) is 13.1 Å². The van der Waals surface area contributed by atoms with Crippen LogP contribution in [0.3, 0.4) is 0 Å². The molecule has 0 aliphatic heterocycles. The van der Waals surface area contributed by atoms with Crippen molar-refractivity contribution in [3.8, 4) is 0 Å². The molecule has 0 aliphatic carbocycles. The van der Waals surface area contributed by atoms with E-state index in [4.69, 9.17) is 5.11 Å². The highest BCUT2D eigenvalue weighted by Crippen LogP contribution is 2.14. The molecule has 0 aliphatic rings. The van der Waals surface area contributed by atoms with E-state index in [1.807, 2.05) is 24.0 Å². The molecule has 0 fully saturated rings. The summed E-state index contributed by atoms with van der Waals surface area (Å²) < 4.78 is 0. The van der Waals surface area contributed by atoms with Crippen LogP contribution in [-0.2, 0) is 6.54 Å². The number of benzene rings is 1. The molecule has 0 amide bonds. The molecule has 0 saturated heterocycles. The summed E-state index contributed by atoms with van der Waals surface area (Å²) in [5.74, 6) is -0.912. The minimum Gasteiger partial charge on any atom is -0.478 e. The van der Waals surface area contributed by atoms with Crippen LogP contribution in [0.1, 0.15) is 36.7 Å². The standard InChI is InChI=1S/C14H21NO3/c1-4-15(10-14(2,3)18)9-11-7-5-6-8-12(11)13(16)17/h5-8,18H,4,9-10H2,1-3H3,(H,16,17). The normalized spacial score (nSPS) is 11.8. The largest absolute Gasteiger partial charge is 0.478 e. The van der Waals surface area contributed by atoms with Crippen LogP contribution in [0.15, 0.2) is 24.3 Å². The Labute approximate surface area is 108 Å². The van der Waals surface area contributed by atoms with Gasteiger partial charge in [-0.25, -0.2) is 4.79 Å². The van der Waals surface area contributed by atoms with E-state index in [0.717, 1.165) is 12.1 Å². The molecule has 2 N–H and O–H groups in total. The molecule has 18 heavy (non-hydrogen) atoms. The fraction of sp³-hybridized carbons (Fsp3) is 0.500. The first kappa shape index (κ1) is 14.7. The number of rotatable bonds is 6. The molecule has 0 saturated carbocycles. The highest BCUT2D eigenvalue weighted by Gasteiger charge is 2.19. The van der Waals surface area contributed by atoms with Crippen molar-refractivity contribution in [1.29, 1.82) is 0 Å². The SMILES string of the molecule is CCN(Cc1ccccc1C(=O)O)CC(C)(C)O. The second-order valence-electron chi connectivity index (χ2n) is 5.08. The number of carbonyl (C=O) groups is 1. The van der Waals surface area contributed by atoms with Crippen molar-refractivity contribution in [1.82, 2.24) is 4.90 Å². The minimum atomic E-state index is -0.912. The van der Waals surface area contributed by atoms with Crippen molar-refractivity contribution in [3.05, 3.63) is 35.4 Å².